The maximum Gasteiger partial charge on any atom is 0.340 e. The van der Waals surface area contributed by atoms with Gasteiger partial charge in [-0.15, -0.1) is 0 Å². The molecule has 0 saturated carbocycles. The number of carbonyl (C=O) groups excluding carboxylic acids is 11. The minimum atomic E-state index is -2.17. The van der Waals surface area contributed by atoms with Gasteiger partial charge in [0.05, 0.1) is 48.4 Å². The number of aromatic carboxylic acids is 1. The van der Waals surface area contributed by atoms with E-state index in [1.165, 1.54) is 36.4 Å². The molecule has 2 heterocycles. The van der Waals surface area contributed by atoms with Crippen LogP contribution in [0.3, 0.4) is 0 Å². The standard InChI is InChI=1S/C47H46N2O25/c1-24(50)63-20-67-39(56)16-48(17-40(57)68-21-64-25(2)51)14-32-37(71-28(5)54)11-9-35-43(32)73-44-33(15-49(18-41(58)69-22-65-26(3)52)19-42(59)70-23-66-27(4)53)38(72-29(6)55)12-10-36(44)47(35)34-8-7-30(45(60)61)13-31(34)46(62)74-47/h7-13H,14-23H2,1-6H3,(H,60,61). The Balaban J connectivity index is 1.79. The fourth-order valence-corrected chi connectivity index (χ4v) is 7.27. The molecule has 1 spiro atoms. The molecule has 0 bridgehead atoms. The van der Waals surface area contributed by atoms with E-state index in [1.54, 1.807) is 0 Å². The molecule has 1 N–H and O–H groups in total. The van der Waals surface area contributed by atoms with E-state index in [1.807, 2.05) is 0 Å². The second-order valence-corrected chi connectivity index (χ2v) is 15.6. The van der Waals surface area contributed by atoms with E-state index in [0.717, 1.165) is 57.4 Å². The number of ether oxygens (including phenoxy) is 12. The number of carboxylic acids is 1. The van der Waals surface area contributed by atoms with Gasteiger partial charge in [0.25, 0.3) is 0 Å². The van der Waals surface area contributed by atoms with Crippen molar-refractivity contribution < 1.29 is 119 Å². The largest absolute Gasteiger partial charge is 0.478 e. The van der Waals surface area contributed by atoms with Crippen molar-refractivity contribution in [2.24, 2.45) is 0 Å². The topological polar surface area (TPSA) is 342 Å². The van der Waals surface area contributed by atoms with Gasteiger partial charge in [0.15, 0.2) is 5.60 Å². The molecule has 0 aliphatic carbocycles. The van der Waals surface area contributed by atoms with Crippen molar-refractivity contribution >= 4 is 71.6 Å². The number of fused-ring (bicyclic) bond motifs is 6. The first-order valence-corrected chi connectivity index (χ1v) is 21.6. The number of hydrogen-bond acceptors (Lipinski definition) is 26. The van der Waals surface area contributed by atoms with Crippen molar-refractivity contribution in [1.29, 1.82) is 0 Å². The van der Waals surface area contributed by atoms with Crippen molar-refractivity contribution in [3.05, 3.63) is 81.4 Å². The van der Waals surface area contributed by atoms with Crippen molar-refractivity contribution in [3.8, 4) is 23.0 Å². The predicted octanol–water partition coefficient (Wildman–Crippen LogP) is 1.66. The summed E-state index contributed by atoms with van der Waals surface area (Å²) in [5, 5.41) is 9.92. The number of rotatable bonds is 23. The van der Waals surface area contributed by atoms with Gasteiger partial charge in [-0.05, 0) is 36.4 Å². The van der Waals surface area contributed by atoms with Gasteiger partial charge in [-0.3, -0.25) is 57.7 Å². The lowest BCUT2D eigenvalue weighted by molar-refractivity contribution is -0.171. The van der Waals surface area contributed by atoms with Crippen LogP contribution in [0.5, 0.6) is 23.0 Å². The van der Waals surface area contributed by atoms with E-state index in [2.05, 4.69) is 0 Å². The Hall–Kier alpha value is -8.98. The fraction of sp³-hybridized carbons (Fsp3) is 0.362. The third kappa shape index (κ3) is 14.6. The van der Waals surface area contributed by atoms with Crippen LogP contribution in [0.25, 0.3) is 0 Å². The number of carbonyl (C=O) groups is 12. The molecule has 3 aromatic rings. The minimum Gasteiger partial charge on any atom is -0.478 e. The molecule has 2 aliphatic rings. The zero-order valence-electron chi connectivity index (χ0n) is 40.3. The smallest absolute Gasteiger partial charge is 0.340 e. The van der Waals surface area contributed by atoms with Crippen LogP contribution in [0.2, 0.25) is 0 Å². The average Bonchev–Trinajstić information content (AvgIpc) is 3.58. The quantitative estimate of drug-likeness (QED) is 0.0611. The Labute approximate surface area is 418 Å². The van der Waals surface area contributed by atoms with Crippen molar-refractivity contribution in [2.75, 3.05) is 53.4 Å². The number of nitrogens with zero attached hydrogens (tertiary/aromatic N) is 2. The third-order valence-electron chi connectivity index (χ3n) is 10.1. The van der Waals surface area contributed by atoms with E-state index < -0.39 is 144 Å². The molecular formula is C47H46N2O25. The van der Waals surface area contributed by atoms with E-state index in [-0.39, 0.29) is 61.9 Å². The average molecular weight is 1040 g/mol. The summed E-state index contributed by atoms with van der Waals surface area (Å²) in [7, 11) is 0. The van der Waals surface area contributed by atoms with Gasteiger partial charge < -0.3 is 61.9 Å². The molecule has 27 nitrogen and oxygen atoms in total. The summed E-state index contributed by atoms with van der Waals surface area (Å²) in [6.07, 6.45) is 0. The van der Waals surface area contributed by atoms with Gasteiger partial charge >= 0.3 is 71.6 Å². The number of benzene rings is 3. The third-order valence-corrected chi connectivity index (χ3v) is 10.1. The monoisotopic (exact) mass is 1040 g/mol. The highest BCUT2D eigenvalue weighted by molar-refractivity contribution is 6.00. The fourth-order valence-electron chi connectivity index (χ4n) is 7.27. The van der Waals surface area contributed by atoms with E-state index in [4.69, 9.17) is 56.8 Å². The molecule has 0 fully saturated rings. The van der Waals surface area contributed by atoms with Crippen LogP contribution >= 0.6 is 0 Å². The number of hydrogen-bond donors (Lipinski definition) is 1. The first-order valence-electron chi connectivity index (χ1n) is 21.6. The Morgan fingerprint density at radius 1 is 0.486 bits per heavy atom. The molecule has 27 heteroatoms. The Morgan fingerprint density at radius 2 is 0.838 bits per heavy atom. The summed E-state index contributed by atoms with van der Waals surface area (Å²) in [5.74, 6) is -13.1. The van der Waals surface area contributed by atoms with Crippen LogP contribution < -0.4 is 14.2 Å². The summed E-state index contributed by atoms with van der Waals surface area (Å²) in [5.41, 5.74) is -3.20. The summed E-state index contributed by atoms with van der Waals surface area (Å²) in [4.78, 5) is 153. The van der Waals surface area contributed by atoms with Crippen LogP contribution in [0.15, 0.2) is 42.5 Å². The molecule has 0 unspecified atom stereocenters. The Bertz CT molecular complexity index is 2570. The molecule has 0 atom stereocenters. The van der Waals surface area contributed by atoms with Gasteiger partial charge in [-0.1, -0.05) is 6.07 Å². The maximum absolute atomic E-state index is 14.1. The second-order valence-electron chi connectivity index (χ2n) is 15.6. The molecule has 0 radical (unpaired) electrons. The summed E-state index contributed by atoms with van der Waals surface area (Å²) in [6.45, 7) is -1.58. The molecule has 2 aliphatic heterocycles. The SMILES string of the molecule is CC(=O)OCOC(=O)CN(CC(=O)OCOC(C)=O)Cc1c(OC(C)=O)ccc2c1Oc1c(ccc(OC(C)=O)c1CN(CC(=O)OCOC(C)=O)CC(=O)OCOC(C)=O)C21OC(=O)c2cc(C(=O)O)ccc21. The van der Waals surface area contributed by atoms with Gasteiger partial charge in [0, 0.05) is 71.3 Å². The highest BCUT2D eigenvalue weighted by Gasteiger charge is 2.55. The molecule has 0 saturated heterocycles. The van der Waals surface area contributed by atoms with Gasteiger partial charge in [-0.25, -0.2) is 9.59 Å². The highest BCUT2D eigenvalue weighted by Crippen LogP contribution is 2.59. The lowest BCUT2D eigenvalue weighted by Crippen LogP contribution is -2.38. The first kappa shape index (κ1) is 55.9. The van der Waals surface area contributed by atoms with Crippen molar-refractivity contribution in [2.45, 2.75) is 60.2 Å². The first-order chi connectivity index (χ1) is 35.0. The molecule has 394 valence electrons. The zero-order chi connectivity index (χ0) is 54.4. The molecule has 3 aromatic carbocycles. The Kier molecular flexibility index (Phi) is 18.8. The summed E-state index contributed by atoms with van der Waals surface area (Å²) >= 11 is 0. The number of carboxylic acid groups (broad SMARTS) is 1. The predicted molar refractivity (Wildman–Crippen MR) is 236 cm³/mol. The van der Waals surface area contributed by atoms with E-state index in [9.17, 15) is 62.6 Å². The second kappa shape index (κ2) is 24.9. The van der Waals surface area contributed by atoms with Crippen LogP contribution in [0, 0.1) is 0 Å². The maximum atomic E-state index is 14.1. The summed E-state index contributed by atoms with van der Waals surface area (Å²) in [6, 6.07) is 8.72. The molecular weight excluding hydrogens is 993 g/mol. The van der Waals surface area contributed by atoms with Gasteiger partial charge in [0.2, 0.25) is 27.2 Å². The normalized spacial score (nSPS) is 12.4. The van der Waals surface area contributed by atoms with E-state index in [0.29, 0.717) is 0 Å². The van der Waals surface area contributed by atoms with Crippen LogP contribution in [-0.4, -0.2) is 140 Å². The van der Waals surface area contributed by atoms with Crippen LogP contribution in [0.1, 0.15) is 90.1 Å². The van der Waals surface area contributed by atoms with Crippen LogP contribution in [0.4, 0.5) is 0 Å². The van der Waals surface area contributed by atoms with Crippen molar-refractivity contribution in [3.63, 3.8) is 0 Å². The minimum absolute atomic E-state index is 0.00980. The van der Waals surface area contributed by atoms with Crippen LogP contribution in [-0.2, 0) is 109 Å². The lowest BCUT2D eigenvalue weighted by atomic mass is 9.76. The zero-order valence-corrected chi connectivity index (χ0v) is 40.3. The summed E-state index contributed by atoms with van der Waals surface area (Å²) < 4.78 is 63.2. The van der Waals surface area contributed by atoms with E-state index >= 15 is 0 Å². The highest BCUT2D eigenvalue weighted by atomic mass is 16.7. The van der Waals surface area contributed by atoms with Gasteiger partial charge in [0.1, 0.15) is 23.0 Å². The molecule has 5 rings (SSSR count). The molecule has 0 amide bonds. The molecule has 0 aromatic heterocycles. The lowest BCUT2D eigenvalue weighted by Gasteiger charge is -2.39. The Morgan fingerprint density at radius 3 is 1.16 bits per heavy atom. The number of esters is 11. The van der Waals surface area contributed by atoms with Gasteiger partial charge in [-0.2, -0.15) is 0 Å². The van der Waals surface area contributed by atoms with Crippen molar-refractivity contribution in [1.82, 2.24) is 9.80 Å². The molecule has 74 heavy (non-hydrogen) atoms.